The van der Waals surface area contributed by atoms with Crippen LogP contribution >= 0.6 is 0 Å². The lowest BCUT2D eigenvalue weighted by Gasteiger charge is -2.26. The normalized spacial score (nSPS) is 17.6. The molecule has 0 aromatic rings. The first-order chi connectivity index (χ1) is 9.00. The third-order valence-corrected chi connectivity index (χ3v) is 3.18. The van der Waals surface area contributed by atoms with E-state index < -0.39 is 17.5 Å². The second-order valence-electron chi connectivity index (χ2n) is 4.77. The molecule has 0 saturated heterocycles. The first kappa shape index (κ1) is 15.7. The maximum atomic E-state index is 11.6. The van der Waals surface area contributed by atoms with E-state index in [1.807, 2.05) is 0 Å². The number of rotatable bonds is 9. The summed E-state index contributed by atoms with van der Waals surface area (Å²) in [6, 6.07) is -0.479. The number of nitrogens with one attached hydrogen (secondary N) is 2. The second-order valence-corrected chi connectivity index (χ2v) is 4.77. The predicted octanol–water partition coefficient (Wildman–Crippen LogP) is 0.202. The largest absolute Gasteiger partial charge is 0.480 e. The van der Waals surface area contributed by atoms with E-state index in [1.54, 1.807) is 14.0 Å². The van der Waals surface area contributed by atoms with Gasteiger partial charge in [0, 0.05) is 13.7 Å². The molecule has 1 saturated carbocycles. The minimum atomic E-state index is -1.18. The van der Waals surface area contributed by atoms with Crippen LogP contribution in [0.4, 0.5) is 4.79 Å². The van der Waals surface area contributed by atoms with Crippen molar-refractivity contribution in [3.63, 3.8) is 0 Å². The van der Waals surface area contributed by atoms with Crippen molar-refractivity contribution in [2.75, 3.05) is 33.5 Å². The van der Waals surface area contributed by atoms with Crippen LogP contribution in [0.5, 0.6) is 0 Å². The zero-order valence-electron chi connectivity index (χ0n) is 11.4. The van der Waals surface area contributed by atoms with E-state index in [0.29, 0.717) is 26.4 Å². The molecular weight excluding hydrogens is 252 g/mol. The van der Waals surface area contributed by atoms with Gasteiger partial charge in [0.15, 0.2) is 0 Å². The van der Waals surface area contributed by atoms with Gasteiger partial charge in [-0.3, -0.25) is 0 Å². The summed E-state index contributed by atoms with van der Waals surface area (Å²) in [6.07, 6.45) is 1.67. The molecule has 7 heteroatoms. The SMILES string of the molecule is COCCOCCNC(=O)NC(C)(C(=O)O)C1CC1. The average Bonchev–Trinajstić information content (AvgIpc) is 3.17. The van der Waals surface area contributed by atoms with Gasteiger partial charge in [0.05, 0.1) is 19.8 Å². The summed E-state index contributed by atoms with van der Waals surface area (Å²) in [7, 11) is 1.58. The van der Waals surface area contributed by atoms with Gasteiger partial charge in [-0.25, -0.2) is 9.59 Å². The minimum absolute atomic E-state index is 0.0219. The lowest BCUT2D eigenvalue weighted by Crippen LogP contribution is -2.57. The number of carboxylic acids is 1. The maximum Gasteiger partial charge on any atom is 0.329 e. The molecule has 0 radical (unpaired) electrons. The molecule has 0 aromatic carbocycles. The molecule has 19 heavy (non-hydrogen) atoms. The number of aliphatic carboxylic acids is 1. The lowest BCUT2D eigenvalue weighted by atomic mass is 9.96. The number of carbonyl (C=O) groups is 2. The van der Waals surface area contributed by atoms with Crippen LogP contribution in [0.1, 0.15) is 19.8 Å². The average molecular weight is 274 g/mol. The van der Waals surface area contributed by atoms with Crippen molar-refractivity contribution in [1.82, 2.24) is 10.6 Å². The van der Waals surface area contributed by atoms with Crippen LogP contribution in [0, 0.1) is 5.92 Å². The molecule has 7 nitrogen and oxygen atoms in total. The summed E-state index contributed by atoms with van der Waals surface area (Å²) in [5.74, 6) is -0.977. The summed E-state index contributed by atoms with van der Waals surface area (Å²) >= 11 is 0. The van der Waals surface area contributed by atoms with Crippen LogP contribution in [-0.4, -0.2) is 56.1 Å². The standard InChI is InChI=1S/C12H22N2O5/c1-12(10(15)16,9-3-4-9)14-11(17)13-5-6-19-8-7-18-2/h9H,3-8H2,1-2H3,(H,15,16)(H2,13,14,17). The van der Waals surface area contributed by atoms with Crippen molar-refractivity contribution in [1.29, 1.82) is 0 Å². The third-order valence-electron chi connectivity index (χ3n) is 3.18. The Morgan fingerprint density at radius 1 is 1.32 bits per heavy atom. The van der Waals surface area contributed by atoms with Crippen molar-refractivity contribution >= 4 is 12.0 Å². The number of carboxylic acid groups (broad SMARTS) is 1. The third kappa shape index (κ3) is 5.04. The zero-order chi connectivity index (χ0) is 14.3. The fourth-order valence-corrected chi connectivity index (χ4v) is 1.75. The number of hydrogen-bond donors (Lipinski definition) is 3. The van der Waals surface area contributed by atoms with Gasteiger partial charge in [-0.05, 0) is 25.7 Å². The monoisotopic (exact) mass is 274 g/mol. The van der Waals surface area contributed by atoms with Crippen LogP contribution in [0.3, 0.4) is 0 Å². The van der Waals surface area contributed by atoms with Crippen molar-refractivity contribution in [3.05, 3.63) is 0 Å². The Bertz CT molecular complexity index is 319. The van der Waals surface area contributed by atoms with Crippen molar-refractivity contribution < 1.29 is 24.2 Å². The van der Waals surface area contributed by atoms with Crippen molar-refractivity contribution in [3.8, 4) is 0 Å². The summed E-state index contributed by atoms with van der Waals surface area (Å²) < 4.78 is 9.98. The van der Waals surface area contributed by atoms with Crippen LogP contribution < -0.4 is 10.6 Å². The molecule has 0 spiro atoms. The second kappa shape index (κ2) is 7.30. The Morgan fingerprint density at radius 2 is 2.00 bits per heavy atom. The van der Waals surface area contributed by atoms with Crippen molar-refractivity contribution in [2.24, 2.45) is 5.92 Å². The van der Waals surface area contributed by atoms with Gasteiger partial charge in [0.25, 0.3) is 0 Å². The summed E-state index contributed by atoms with van der Waals surface area (Å²) in [6.45, 7) is 3.21. The Kier molecular flexibility index (Phi) is 6.04. The molecule has 3 N–H and O–H groups in total. The highest BCUT2D eigenvalue weighted by Gasteiger charge is 2.48. The molecule has 1 atom stereocenters. The quantitative estimate of drug-likeness (QED) is 0.522. The smallest absolute Gasteiger partial charge is 0.329 e. The van der Waals surface area contributed by atoms with Crippen molar-refractivity contribution in [2.45, 2.75) is 25.3 Å². The fraction of sp³-hybridized carbons (Fsp3) is 0.833. The van der Waals surface area contributed by atoms with E-state index in [0.717, 1.165) is 12.8 Å². The molecular formula is C12H22N2O5. The van der Waals surface area contributed by atoms with Gasteiger partial charge in [0.1, 0.15) is 5.54 Å². The Morgan fingerprint density at radius 3 is 2.53 bits per heavy atom. The molecule has 1 rings (SSSR count). The molecule has 2 amide bonds. The molecule has 0 aliphatic heterocycles. The molecule has 1 unspecified atom stereocenters. The highest BCUT2D eigenvalue weighted by Crippen LogP contribution is 2.39. The molecule has 1 aliphatic rings. The maximum absolute atomic E-state index is 11.6. The first-order valence-corrected chi connectivity index (χ1v) is 6.36. The molecule has 0 bridgehead atoms. The van der Waals surface area contributed by atoms with E-state index in [4.69, 9.17) is 9.47 Å². The highest BCUT2D eigenvalue weighted by atomic mass is 16.5. The van der Waals surface area contributed by atoms with Crippen LogP contribution in [0.15, 0.2) is 0 Å². The number of ether oxygens (including phenoxy) is 2. The molecule has 1 aliphatic carbocycles. The van der Waals surface area contributed by atoms with Gasteiger partial charge in [-0.1, -0.05) is 0 Å². The molecule has 1 fully saturated rings. The predicted molar refractivity (Wildman–Crippen MR) is 68.0 cm³/mol. The number of amides is 2. The Labute approximate surface area is 112 Å². The number of urea groups is 1. The zero-order valence-corrected chi connectivity index (χ0v) is 11.4. The number of methoxy groups -OCH3 is 1. The Balaban J connectivity index is 2.20. The van der Waals surface area contributed by atoms with Gasteiger partial charge < -0.3 is 25.2 Å². The molecule has 0 heterocycles. The topological polar surface area (TPSA) is 96.9 Å². The number of hydrogen-bond acceptors (Lipinski definition) is 4. The molecule has 0 aromatic heterocycles. The van der Waals surface area contributed by atoms with Gasteiger partial charge in [-0.2, -0.15) is 0 Å². The van der Waals surface area contributed by atoms with E-state index in [9.17, 15) is 14.7 Å². The van der Waals surface area contributed by atoms with Gasteiger partial charge in [0.2, 0.25) is 0 Å². The highest BCUT2D eigenvalue weighted by molar-refractivity contribution is 5.86. The van der Waals surface area contributed by atoms with E-state index in [1.165, 1.54) is 0 Å². The lowest BCUT2D eigenvalue weighted by molar-refractivity contribution is -0.144. The summed E-state index contributed by atoms with van der Waals surface area (Å²) in [4.78, 5) is 22.8. The van der Waals surface area contributed by atoms with Crippen LogP contribution in [0.2, 0.25) is 0 Å². The van der Waals surface area contributed by atoms with Gasteiger partial charge in [-0.15, -0.1) is 0 Å². The molecule has 110 valence electrons. The fourth-order valence-electron chi connectivity index (χ4n) is 1.75. The first-order valence-electron chi connectivity index (χ1n) is 6.36. The van der Waals surface area contributed by atoms with Crippen LogP contribution in [-0.2, 0) is 14.3 Å². The van der Waals surface area contributed by atoms with E-state index >= 15 is 0 Å². The van der Waals surface area contributed by atoms with Crippen LogP contribution in [0.25, 0.3) is 0 Å². The van der Waals surface area contributed by atoms with Gasteiger partial charge >= 0.3 is 12.0 Å². The minimum Gasteiger partial charge on any atom is -0.480 e. The van der Waals surface area contributed by atoms with E-state index in [-0.39, 0.29) is 5.92 Å². The van der Waals surface area contributed by atoms with E-state index in [2.05, 4.69) is 10.6 Å². The number of carbonyl (C=O) groups excluding carboxylic acids is 1. The summed E-state index contributed by atoms with van der Waals surface area (Å²) in [5, 5.41) is 14.3. The summed E-state index contributed by atoms with van der Waals surface area (Å²) in [5.41, 5.74) is -1.18. The Hall–Kier alpha value is -1.34.